The van der Waals surface area contributed by atoms with Crippen LogP contribution < -0.4 is 5.73 Å². The fourth-order valence-corrected chi connectivity index (χ4v) is 1.59. The highest BCUT2D eigenvalue weighted by Gasteiger charge is 2.19. The monoisotopic (exact) mass is 148 g/mol. The number of aromatic nitrogens is 1. The van der Waals surface area contributed by atoms with Gasteiger partial charge >= 0.3 is 0 Å². The number of nitrogens with zero attached hydrogens (tertiary/aromatic N) is 1. The van der Waals surface area contributed by atoms with E-state index < -0.39 is 0 Å². The van der Waals surface area contributed by atoms with E-state index in [0.717, 1.165) is 24.2 Å². The quantitative estimate of drug-likeness (QED) is 0.603. The molecule has 1 atom stereocenters. The van der Waals surface area contributed by atoms with Crippen LogP contribution in [0, 0.1) is 6.92 Å². The van der Waals surface area contributed by atoms with Crippen LogP contribution >= 0.6 is 0 Å². The van der Waals surface area contributed by atoms with Crippen LogP contribution in [0.5, 0.6) is 0 Å². The van der Waals surface area contributed by atoms with Crippen molar-refractivity contribution in [3.8, 4) is 0 Å². The second-order valence-corrected chi connectivity index (χ2v) is 3.14. The van der Waals surface area contributed by atoms with E-state index in [0.29, 0.717) is 0 Å². The third kappa shape index (κ3) is 1.03. The molecule has 2 rings (SSSR count). The molecule has 1 aliphatic carbocycles. The number of fused-ring (bicyclic) bond motifs is 1. The van der Waals surface area contributed by atoms with Crippen molar-refractivity contribution >= 4 is 0 Å². The molecule has 0 aliphatic heterocycles. The average molecular weight is 148 g/mol. The first-order valence-corrected chi connectivity index (χ1v) is 3.99. The molecule has 1 aromatic heterocycles. The fraction of sp³-hybridized carbons (Fsp3) is 0.444. The van der Waals surface area contributed by atoms with Crippen LogP contribution in [0.4, 0.5) is 0 Å². The number of rotatable bonds is 0. The predicted octanol–water partition coefficient (Wildman–Crippen LogP) is 1.34. The number of hydrogen-bond donors (Lipinski definition) is 1. The Kier molecular flexibility index (Phi) is 1.43. The molecular formula is C9H12N2. The van der Waals surface area contributed by atoms with Crippen molar-refractivity contribution in [1.29, 1.82) is 0 Å². The molecule has 1 unspecified atom stereocenters. The Labute approximate surface area is 66.4 Å². The number of pyridine rings is 1. The summed E-state index contributed by atoms with van der Waals surface area (Å²) in [5.74, 6) is 0. The standard InChI is InChI=1S/C9H12N2/c1-6-2-3-7-4-5-8(10)9(7)11-6/h2-3,8H,4-5,10H2,1H3. The molecule has 0 aromatic carbocycles. The van der Waals surface area contributed by atoms with Gasteiger partial charge in [-0.2, -0.15) is 0 Å². The highest BCUT2D eigenvalue weighted by atomic mass is 14.8. The summed E-state index contributed by atoms with van der Waals surface area (Å²) in [5, 5.41) is 0. The van der Waals surface area contributed by atoms with Gasteiger partial charge in [0.2, 0.25) is 0 Å². The van der Waals surface area contributed by atoms with Gasteiger partial charge in [-0.15, -0.1) is 0 Å². The van der Waals surface area contributed by atoms with Gasteiger partial charge in [-0.1, -0.05) is 6.07 Å². The maximum absolute atomic E-state index is 5.85. The van der Waals surface area contributed by atoms with Crippen LogP contribution in [0.15, 0.2) is 12.1 Å². The van der Waals surface area contributed by atoms with Gasteiger partial charge in [0, 0.05) is 11.7 Å². The van der Waals surface area contributed by atoms with E-state index in [4.69, 9.17) is 5.73 Å². The molecule has 0 amide bonds. The van der Waals surface area contributed by atoms with Gasteiger partial charge in [0.1, 0.15) is 0 Å². The summed E-state index contributed by atoms with van der Waals surface area (Å²) in [6.07, 6.45) is 2.16. The normalized spacial score (nSPS) is 21.8. The van der Waals surface area contributed by atoms with Crippen LogP contribution in [0.1, 0.15) is 29.4 Å². The Morgan fingerprint density at radius 1 is 1.55 bits per heavy atom. The molecule has 11 heavy (non-hydrogen) atoms. The lowest BCUT2D eigenvalue weighted by molar-refractivity contribution is 0.696. The lowest BCUT2D eigenvalue weighted by atomic mass is 10.2. The molecule has 0 fully saturated rings. The van der Waals surface area contributed by atoms with Gasteiger partial charge < -0.3 is 5.73 Å². The summed E-state index contributed by atoms with van der Waals surface area (Å²) in [6, 6.07) is 4.38. The smallest absolute Gasteiger partial charge is 0.0606 e. The molecule has 58 valence electrons. The van der Waals surface area contributed by atoms with Gasteiger partial charge in [-0.05, 0) is 31.4 Å². The lowest BCUT2D eigenvalue weighted by Crippen LogP contribution is -2.07. The highest BCUT2D eigenvalue weighted by molar-refractivity contribution is 5.29. The molecule has 0 radical (unpaired) electrons. The Morgan fingerprint density at radius 3 is 3.18 bits per heavy atom. The van der Waals surface area contributed by atoms with Crippen molar-refractivity contribution < 1.29 is 0 Å². The zero-order chi connectivity index (χ0) is 7.84. The lowest BCUT2D eigenvalue weighted by Gasteiger charge is -2.03. The van der Waals surface area contributed by atoms with E-state index in [2.05, 4.69) is 17.1 Å². The molecule has 0 saturated heterocycles. The minimum absolute atomic E-state index is 0.185. The van der Waals surface area contributed by atoms with Gasteiger partial charge in [0.05, 0.1) is 5.69 Å². The Bertz CT molecular complexity index is 281. The summed E-state index contributed by atoms with van der Waals surface area (Å²) in [6.45, 7) is 2.01. The fourth-order valence-electron chi connectivity index (χ4n) is 1.59. The third-order valence-electron chi connectivity index (χ3n) is 2.23. The largest absolute Gasteiger partial charge is 0.323 e. The summed E-state index contributed by atoms with van der Waals surface area (Å²) in [7, 11) is 0. The summed E-state index contributed by atoms with van der Waals surface area (Å²) in [5.41, 5.74) is 9.38. The van der Waals surface area contributed by atoms with Gasteiger partial charge in [-0.25, -0.2) is 0 Å². The van der Waals surface area contributed by atoms with Crippen molar-refractivity contribution in [3.63, 3.8) is 0 Å². The SMILES string of the molecule is Cc1ccc2c(n1)C(N)CC2. The van der Waals surface area contributed by atoms with Crippen LogP contribution in [-0.4, -0.2) is 4.98 Å². The molecule has 2 N–H and O–H groups in total. The van der Waals surface area contributed by atoms with Crippen molar-refractivity contribution in [2.45, 2.75) is 25.8 Å². The number of nitrogens with two attached hydrogens (primary N) is 1. The molecule has 2 nitrogen and oxygen atoms in total. The summed E-state index contributed by atoms with van der Waals surface area (Å²) < 4.78 is 0. The van der Waals surface area contributed by atoms with E-state index in [1.807, 2.05) is 6.92 Å². The molecule has 2 heteroatoms. The maximum atomic E-state index is 5.85. The van der Waals surface area contributed by atoms with Crippen molar-refractivity contribution in [2.75, 3.05) is 0 Å². The molecule has 0 saturated carbocycles. The Morgan fingerprint density at radius 2 is 2.36 bits per heavy atom. The van der Waals surface area contributed by atoms with Gasteiger partial charge in [0.25, 0.3) is 0 Å². The van der Waals surface area contributed by atoms with Crippen LogP contribution in [0.25, 0.3) is 0 Å². The minimum Gasteiger partial charge on any atom is -0.323 e. The topological polar surface area (TPSA) is 38.9 Å². The first-order valence-electron chi connectivity index (χ1n) is 3.99. The zero-order valence-corrected chi connectivity index (χ0v) is 6.67. The van der Waals surface area contributed by atoms with Gasteiger partial charge in [0.15, 0.2) is 0 Å². The van der Waals surface area contributed by atoms with Crippen LogP contribution in [0.2, 0.25) is 0 Å². The number of aryl methyl sites for hydroxylation is 2. The van der Waals surface area contributed by atoms with Crippen LogP contribution in [-0.2, 0) is 6.42 Å². The van der Waals surface area contributed by atoms with Crippen molar-refractivity contribution in [1.82, 2.24) is 4.98 Å². The van der Waals surface area contributed by atoms with E-state index in [-0.39, 0.29) is 6.04 Å². The average Bonchev–Trinajstić information content (AvgIpc) is 2.33. The van der Waals surface area contributed by atoms with Gasteiger partial charge in [-0.3, -0.25) is 4.98 Å². The molecule has 0 bridgehead atoms. The molecular weight excluding hydrogens is 136 g/mol. The van der Waals surface area contributed by atoms with Crippen LogP contribution in [0.3, 0.4) is 0 Å². The Balaban J connectivity index is 2.52. The first-order chi connectivity index (χ1) is 5.27. The minimum atomic E-state index is 0.185. The predicted molar refractivity (Wildman–Crippen MR) is 44.2 cm³/mol. The van der Waals surface area contributed by atoms with Crippen molar-refractivity contribution in [3.05, 3.63) is 29.1 Å². The molecule has 1 heterocycles. The maximum Gasteiger partial charge on any atom is 0.0606 e. The van der Waals surface area contributed by atoms with Crippen molar-refractivity contribution in [2.24, 2.45) is 5.73 Å². The van der Waals surface area contributed by atoms with E-state index in [1.54, 1.807) is 0 Å². The zero-order valence-electron chi connectivity index (χ0n) is 6.67. The van der Waals surface area contributed by atoms with E-state index in [9.17, 15) is 0 Å². The first kappa shape index (κ1) is 6.80. The number of hydrogen-bond acceptors (Lipinski definition) is 2. The Hall–Kier alpha value is -0.890. The summed E-state index contributed by atoms with van der Waals surface area (Å²) in [4.78, 5) is 4.41. The molecule has 1 aromatic rings. The third-order valence-corrected chi connectivity index (χ3v) is 2.23. The van der Waals surface area contributed by atoms with E-state index in [1.165, 1.54) is 5.56 Å². The summed E-state index contributed by atoms with van der Waals surface area (Å²) >= 11 is 0. The highest BCUT2D eigenvalue weighted by Crippen LogP contribution is 2.26. The van der Waals surface area contributed by atoms with E-state index >= 15 is 0 Å². The second kappa shape index (κ2) is 2.31. The second-order valence-electron chi connectivity index (χ2n) is 3.14. The molecule has 0 spiro atoms. The molecule has 1 aliphatic rings.